The lowest BCUT2D eigenvalue weighted by Crippen LogP contribution is -2.44. The van der Waals surface area contributed by atoms with Crippen molar-refractivity contribution in [1.82, 2.24) is 49.5 Å². The second kappa shape index (κ2) is 18.3. The van der Waals surface area contributed by atoms with Gasteiger partial charge in [0, 0.05) is 48.9 Å². The van der Waals surface area contributed by atoms with Crippen LogP contribution in [0.15, 0.2) is 110 Å². The van der Waals surface area contributed by atoms with Crippen molar-refractivity contribution in [2.24, 2.45) is 0 Å². The topological polar surface area (TPSA) is 130 Å². The summed E-state index contributed by atoms with van der Waals surface area (Å²) < 4.78 is 0. The van der Waals surface area contributed by atoms with Crippen molar-refractivity contribution >= 4 is 11.8 Å². The van der Waals surface area contributed by atoms with Crippen molar-refractivity contribution in [2.75, 3.05) is 39.8 Å². The van der Waals surface area contributed by atoms with Crippen molar-refractivity contribution < 1.29 is 9.59 Å². The Kier molecular flexibility index (Phi) is 12.1. The predicted octanol–water partition coefficient (Wildman–Crippen LogP) is 8.56. The normalized spacial score (nSPS) is 19.0. The van der Waals surface area contributed by atoms with E-state index in [-0.39, 0.29) is 36.0 Å². The summed E-state index contributed by atoms with van der Waals surface area (Å²) in [6.07, 6.45) is 16.1. The van der Waals surface area contributed by atoms with Gasteiger partial charge in [-0.1, -0.05) is 97.8 Å². The molecule has 6 aromatic rings. The van der Waals surface area contributed by atoms with E-state index in [4.69, 9.17) is 19.9 Å². The van der Waals surface area contributed by atoms with Crippen LogP contribution in [0.25, 0.3) is 33.9 Å². The number of H-pyrrole nitrogens is 2. The molecular weight excluding hydrogens is 761 g/mol. The van der Waals surface area contributed by atoms with Crippen LogP contribution in [0.2, 0.25) is 0 Å². The van der Waals surface area contributed by atoms with Gasteiger partial charge in [0.05, 0.1) is 29.7 Å². The summed E-state index contributed by atoms with van der Waals surface area (Å²) in [7, 11) is 1.88. The van der Waals surface area contributed by atoms with Crippen molar-refractivity contribution in [3.8, 4) is 33.9 Å². The first-order valence-corrected chi connectivity index (χ1v) is 22.1. The summed E-state index contributed by atoms with van der Waals surface area (Å²) in [4.78, 5) is 63.1. The van der Waals surface area contributed by atoms with E-state index >= 15 is 0 Å². The van der Waals surface area contributed by atoms with Crippen LogP contribution in [-0.2, 0) is 9.59 Å². The van der Waals surface area contributed by atoms with E-state index < -0.39 is 0 Å². The molecule has 61 heavy (non-hydrogen) atoms. The number of piperidine rings is 2. The minimum Gasteiger partial charge on any atom is -0.346 e. The number of hydrogen-bond acceptors (Lipinski definition) is 8. The molecule has 3 aromatic carbocycles. The average molecular weight is 817 g/mol. The third-order valence-corrected chi connectivity index (χ3v) is 13.0. The highest BCUT2D eigenvalue weighted by molar-refractivity contribution is 5.84. The second-order valence-corrected chi connectivity index (χ2v) is 16.9. The number of nitrogens with zero attached hydrogens (tertiary/aromatic N) is 8. The number of likely N-dealkylation sites (tertiary alicyclic amines) is 3. The maximum atomic E-state index is 14.4. The third-order valence-electron chi connectivity index (χ3n) is 13.0. The number of rotatable bonds is 12. The molecule has 3 saturated heterocycles. The first-order valence-electron chi connectivity index (χ1n) is 22.1. The number of nitrogens with one attached hydrogen (secondary N) is 2. The monoisotopic (exact) mass is 816 g/mol. The fraction of sp³-hybridized carbons (Fsp3) is 0.388. The maximum Gasteiger partial charge on any atom is 0.245 e. The number of hydrogen-bond donors (Lipinski definition) is 2. The second-order valence-electron chi connectivity index (χ2n) is 16.9. The highest BCUT2D eigenvalue weighted by atomic mass is 16.2. The fourth-order valence-electron chi connectivity index (χ4n) is 9.44. The van der Waals surface area contributed by atoms with Crippen LogP contribution in [0.5, 0.6) is 0 Å². The van der Waals surface area contributed by atoms with E-state index in [1.54, 1.807) is 0 Å². The molecule has 314 valence electrons. The number of amides is 2. The zero-order valence-corrected chi connectivity index (χ0v) is 35.3. The molecule has 12 nitrogen and oxygen atoms in total. The van der Waals surface area contributed by atoms with Gasteiger partial charge in [0.25, 0.3) is 0 Å². The number of benzene rings is 3. The van der Waals surface area contributed by atoms with Gasteiger partial charge in [-0.15, -0.1) is 0 Å². The Balaban J connectivity index is 0.851. The Morgan fingerprint density at radius 1 is 0.672 bits per heavy atom. The first kappa shape index (κ1) is 40.4. The predicted molar refractivity (Wildman–Crippen MR) is 237 cm³/mol. The molecule has 3 aliphatic rings. The van der Waals surface area contributed by atoms with Crippen LogP contribution in [0.4, 0.5) is 0 Å². The fourth-order valence-corrected chi connectivity index (χ4v) is 9.44. The molecule has 0 bridgehead atoms. The minimum absolute atomic E-state index is 0.0784. The van der Waals surface area contributed by atoms with Gasteiger partial charge in [0.15, 0.2) is 5.82 Å². The molecular formula is C49H56N10O2. The molecule has 0 saturated carbocycles. The minimum atomic E-state index is -0.313. The number of carbonyl (C=O) groups excluding carboxylic acids is 2. The van der Waals surface area contributed by atoms with Gasteiger partial charge in [-0.05, 0) is 82.8 Å². The van der Waals surface area contributed by atoms with Crippen LogP contribution < -0.4 is 0 Å². The van der Waals surface area contributed by atoms with Gasteiger partial charge in [-0.25, -0.2) is 19.9 Å². The molecule has 12 heteroatoms. The Morgan fingerprint density at radius 3 is 1.90 bits per heavy atom. The van der Waals surface area contributed by atoms with Crippen molar-refractivity contribution in [3.05, 3.63) is 132 Å². The smallest absolute Gasteiger partial charge is 0.245 e. The van der Waals surface area contributed by atoms with Gasteiger partial charge in [0.1, 0.15) is 23.7 Å². The Hall–Kier alpha value is -5.98. The van der Waals surface area contributed by atoms with E-state index in [0.29, 0.717) is 5.82 Å². The summed E-state index contributed by atoms with van der Waals surface area (Å²) in [5.74, 6) is 2.39. The number of carbonyl (C=O) groups is 2. The number of likely N-dealkylation sites (N-methyl/N-ethyl adjacent to an activating group) is 1. The van der Waals surface area contributed by atoms with Crippen molar-refractivity contribution in [2.45, 2.75) is 82.5 Å². The number of aromatic nitrogens is 6. The van der Waals surface area contributed by atoms with E-state index in [2.05, 4.69) is 44.0 Å². The first-order chi connectivity index (χ1) is 29.9. The summed E-state index contributed by atoms with van der Waals surface area (Å²) >= 11 is 0. The molecule has 0 radical (unpaired) electrons. The van der Waals surface area contributed by atoms with Crippen LogP contribution in [0, 0.1) is 0 Å². The van der Waals surface area contributed by atoms with E-state index in [9.17, 15) is 9.59 Å². The lowest BCUT2D eigenvalue weighted by atomic mass is 10.00. The summed E-state index contributed by atoms with van der Waals surface area (Å²) in [6, 6.07) is 27.5. The van der Waals surface area contributed by atoms with Crippen molar-refractivity contribution in [1.29, 1.82) is 0 Å². The highest BCUT2D eigenvalue weighted by Gasteiger charge is 2.39. The van der Waals surface area contributed by atoms with Gasteiger partial charge < -0.3 is 19.8 Å². The third kappa shape index (κ3) is 8.65. The quantitative estimate of drug-likeness (QED) is 0.126. The Labute approximate surface area is 358 Å². The van der Waals surface area contributed by atoms with Gasteiger partial charge >= 0.3 is 0 Å². The molecule has 9 rings (SSSR count). The molecule has 4 atom stereocenters. The van der Waals surface area contributed by atoms with Crippen molar-refractivity contribution in [3.63, 3.8) is 0 Å². The SMILES string of the molecule is C[C@@H](c1nc(-c2ccc(-c3ncc(-c4cnc([C@@H]5CCCN5C(=O)[C@@H](c5ccccc5)N5CCCCC5)[nH]4)cn3)cc2)c[nH]1)N(C)C(=O)[C@@H](c1ccccc1)N1CCCCC1. The molecule has 6 heterocycles. The van der Waals surface area contributed by atoms with Crippen LogP contribution >= 0.6 is 0 Å². The lowest BCUT2D eigenvalue weighted by molar-refractivity contribution is -0.139. The molecule has 2 N–H and O–H groups in total. The van der Waals surface area contributed by atoms with Crippen LogP contribution in [0.1, 0.15) is 105 Å². The van der Waals surface area contributed by atoms with E-state index in [0.717, 1.165) is 122 Å². The highest BCUT2D eigenvalue weighted by Crippen LogP contribution is 2.37. The average Bonchev–Trinajstić information content (AvgIpc) is 4.13. The molecule has 2 amide bonds. The summed E-state index contributed by atoms with van der Waals surface area (Å²) in [6.45, 7) is 6.48. The molecule has 3 aromatic heterocycles. The van der Waals surface area contributed by atoms with Crippen LogP contribution in [0.3, 0.4) is 0 Å². The molecule has 0 spiro atoms. The molecule has 0 aliphatic carbocycles. The van der Waals surface area contributed by atoms with Gasteiger partial charge in [-0.3, -0.25) is 19.4 Å². The van der Waals surface area contributed by atoms with Gasteiger partial charge in [-0.2, -0.15) is 0 Å². The summed E-state index contributed by atoms with van der Waals surface area (Å²) in [5, 5.41) is 0. The standard InChI is InChI=1S/C49H56N10O2/c1-34(56(2)48(60)43(36-16-7-3-8-17-36)57-25-11-5-12-26-57)45-52-32-40(54-45)35-21-23-38(24-22-35)46-50-30-39(31-51-46)41-33-53-47(55-41)42-20-15-29-59(42)49(61)44(37-18-9-4-10-19-37)58-27-13-6-14-28-58/h3-4,7-10,16-19,21-24,30-34,42-44H,5-6,11-15,20,25-29H2,1-2H3,(H,52,54)(H,53,55)/t34-,42-,43+,44+/m0/s1. The van der Waals surface area contributed by atoms with Gasteiger partial charge in [0.2, 0.25) is 11.8 Å². The van der Waals surface area contributed by atoms with E-state index in [1.807, 2.05) is 109 Å². The van der Waals surface area contributed by atoms with Crippen LogP contribution in [-0.4, -0.2) is 101 Å². The molecule has 3 fully saturated rings. The molecule has 3 aliphatic heterocycles. The largest absolute Gasteiger partial charge is 0.346 e. The van der Waals surface area contributed by atoms with E-state index in [1.165, 1.54) is 12.8 Å². The Bertz CT molecular complexity index is 2370. The number of aromatic amines is 2. The lowest BCUT2D eigenvalue weighted by Gasteiger charge is -2.37. The number of imidazole rings is 2. The molecule has 0 unspecified atom stereocenters. The Morgan fingerprint density at radius 2 is 1.26 bits per heavy atom. The summed E-state index contributed by atoms with van der Waals surface area (Å²) in [5.41, 5.74) is 6.40. The zero-order valence-electron chi connectivity index (χ0n) is 35.3. The zero-order chi connectivity index (χ0) is 41.7. The maximum absolute atomic E-state index is 14.4.